The maximum absolute atomic E-state index is 12.4. The third-order valence-electron chi connectivity index (χ3n) is 4.83. The van der Waals surface area contributed by atoms with Crippen molar-refractivity contribution in [1.82, 2.24) is 30.0 Å². The van der Waals surface area contributed by atoms with E-state index in [0.717, 1.165) is 25.3 Å². The van der Waals surface area contributed by atoms with Crippen molar-refractivity contribution in [2.75, 3.05) is 32.8 Å². The first-order valence-corrected chi connectivity index (χ1v) is 8.69. The predicted molar refractivity (Wildman–Crippen MR) is 89.5 cm³/mol. The number of fused-ring (bicyclic) bond motifs is 1. The lowest BCUT2D eigenvalue weighted by Gasteiger charge is -2.28. The molecule has 2 aliphatic heterocycles. The van der Waals surface area contributed by atoms with Gasteiger partial charge in [0.05, 0.1) is 19.8 Å². The molecule has 0 spiro atoms. The quantitative estimate of drug-likeness (QED) is 0.784. The second-order valence-electron chi connectivity index (χ2n) is 6.48. The van der Waals surface area contributed by atoms with Crippen LogP contribution >= 0.6 is 0 Å². The van der Waals surface area contributed by atoms with Crippen molar-refractivity contribution in [3.8, 4) is 0 Å². The van der Waals surface area contributed by atoms with Crippen LogP contribution in [0.5, 0.6) is 0 Å². The summed E-state index contributed by atoms with van der Waals surface area (Å²) in [5, 5.41) is 11.9. The maximum atomic E-state index is 12.4. The van der Waals surface area contributed by atoms with E-state index in [0.29, 0.717) is 32.8 Å². The van der Waals surface area contributed by atoms with Crippen LogP contribution in [0.25, 0.3) is 0 Å². The Balaban J connectivity index is 1.39. The number of amides is 1. The monoisotopic (exact) mass is 342 g/mol. The van der Waals surface area contributed by atoms with Gasteiger partial charge in [0.15, 0.2) is 5.82 Å². The van der Waals surface area contributed by atoms with E-state index in [4.69, 9.17) is 4.74 Å². The van der Waals surface area contributed by atoms with Gasteiger partial charge in [-0.25, -0.2) is 4.68 Å². The van der Waals surface area contributed by atoms with Crippen molar-refractivity contribution in [3.05, 3.63) is 41.2 Å². The number of morpholine rings is 1. The number of carbonyl (C=O) groups excluding carboxylic acids is 1. The summed E-state index contributed by atoms with van der Waals surface area (Å²) in [7, 11) is 0. The van der Waals surface area contributed by atoms with E-state index in [2.05, 4.69) is 44.7 Å². The number of ether oxygens (including phenoxy) is 1. The average Bonchev–Trinajstić information content (AvgIpc) is 3.09. The fraction of sp³-hybridized carbons (Fsp3) is 0.529. The topological polar surface area (TPSA) is 76.4 Å². The van der Waals surface area contributed by atoms with Gasteiger partial charge in [0.25, 0.3) is 0 Å². The summed E-state index contributed by atoms with van der Waals surface area (Å²) in [6.07, 6.45) is 1.03. The summed E-state index contributed by atoms with van der Waals surface area (Å²) in [6, 6.07) is 8.53. The minimum absolute atomic E-state index is 0.0424. The van der Waals surface area contributed by atoms with E-state index in [-0.39, 0.29) is 12.5 Å². The van der Waals surface area contributed by atoms with Crippen LogP contribution in [0.15, 0.2) is 24.3 Å². The van der Waals surface area contributed by atoms with Crippen LogP contribution < -0.4 is 0 Å². The molecular formula is C17H22N6O2. The fourth-order valence-electron chi connectivity index (χ4n) is 3.39. The lowest BCUT2D eigenvalue weighted by atomic mass is 10.00. The molecule has 1 fully saturated rings. The van der Waals surface area contributed by atoms with Crippen LogP contribution in [0.2, 0.25) is 0 Å². The van der Waals surface area contributed by atoms with Crippen LogP contribution in [0.1, 0.15) is 17.0 Å². The van der Waals surface area contributed by atoms with E-state index in [1.54, 1.807) is 4.68 Å². The molecule has 0 unspecified atom stereocenters. The van der Waals surface area contributed by atoms with Gasteiger partial charge in [-0.3, -0.25) is 9.69 Å². The van der Waals surface area contributed by atoms with Gasteiger partial charge in [-0.05, 0) is 28.0 Å². The highest BCUT2D eigenvalue weighted by Gasteiger charge is 2.22. The lowest BCUT2D eigenvalue weighted by Crippen LogP contribution is -2.42. The van der Waals surface area contributed by atoms with Crippen LogP contribution in [-0.4, -0.2) is 68.8 Å². The van der Waals surface area contributed by atoms with Gasteiger partial charge >= 0.3 is 0 Å². The minimum Gasteiger partial charge on any atom is -0.378 e. The molecule has 8 nitrogen and oxygen atoms in total. The number of hydrogen-bond acceptors (Lipinski definition) is 6. The van der Waals surface area contributed by atoms with Crippen LogP contribution in [0.4, 0.5) is 0 Å². The smallest absolute Gasteiger partial charge is 0.244 e. The maximum Gasteiger partial charge on any atom is 0.244 e. The normalized spacial score (nSPS) is 18.2. The number of nitrogens with zero attached hydrogens (tertiary/aromatic N) is 6. The molecule has 25 heavy (non-hydrogen) atoms. The Morgan fingerprint density at radius 2 is 1.92 bits per heavy atom. The summed E-state index contributed by atoms with van der Waals surface area (Å²) in [5.41, 5.74) is 2.78. The first-order chi connectivity index (χ1) is 12.3. The first kappa shape index (κ1) is 16.2. The molecule has 0 N–H and O–H groups in total. The molecule has 1 saturated heterocycles. The molecular weight excluding hydrogens is 320 g/mol. The van der Waals surface area contributed by atoms with Crippen molar-refractivity contribution in [1.29, 1.82) is 0 Å². The van der Waals surface area contributed by atoms with Gasteiger partial charge < -0.3 is 9.64 Å². The predicted octanol–water partition coefficient (Wildman–Crippen LogP) is 0.0902. The number of benzene rings is 1. The lowest BCUT2D eigenvalue weighted by molar-refractivity contribution is -0.136. The van der Waals surface area contributed by atoms with Crippen LogP contribution in [0, 0.1) is 0 Å². The summed E-state index contributed by atoms with van der Waals surface area (Å²) < 4.78 is 6.91. The van der Waals surface area contributed by atoms with Crippen molar-refractivity contribution < 1.29 is 9.53 Å². The molecule has 4 rings (SSSR count). The largest absolute Gasteiger partial charge is 0.378 e. The summed E-state index contributed by atoms with van der Waals surface area (Å²) in [5.74, 6) is 0.779. The second kappa shape index (κ2) is 7.28. The van der Waals surface area contributed by atoms with E-state index >= 15 is 0 Å². The summed E-state index contributed by atoms with van der Waals surface area (Å²) in [4.78, 5) is 16.5. The fourth-order valence-corrected chi connectivity index (χ4v) is 3.39. The Bertz CT molecular complexity index is 740. The molecule has 0 bridgehead atoms. The molecule has 0 saturated carbocycles. The molecule has 2 aromatic rings. The van der Waals surface area contributed by atoms with Gasteiger partial charge in [0.1, 0.15) is 6.54 Å². The van der Waals surface area contributed by atoms with Gasteiger partial charge in [0, 0.05) is 26.2 Å². The minimum atomic E-state index is 0.0424. The Hall–Kier alpha value is -2.32. The Morgan fingerprint density at radius 3 is 2.76 bits per heavy atom. The molecule has 0 atom stereocenters. The molecule has 1 aromatic heterocycles. The van der Waals surface area contributed by atoms with E-state index in [1.165, 1.54) is 11.1 Å². The summed E-state index contributed by atoms with van der Waals surface area (Å²) >= 11 is 0. The SMILES string of the molecule is O=C(Cn1nnnc1CN1CCc2ccccc2C1)N1CCOCC1. The van der Waals surface area contributed by atoms with Gasteiger partial charge in [-0.15, -0.1) is 5.10 Å². The molecule has 0 radical (unpaired) electrons. The third-order valence-corrected chi connectivity index (χ3v) is 4.83. The Kier molecular flexibility index (Phi) is 4.71. The highest BCUT2D eigenvalue weighted by Crippen LogP contribution is 2.19. The third kappa shape index (κ3) is 3.69. The van der Waals surface area contributed by atoms with Crippen LogP contribution in [-0.2, 0) is 35.6 Å². The molecule has 8 heteroatoms. The van der Waals surface area contributed by atoms with Gasteiger partial charge in [-0.2, -0.15) is 0 Å². The zero-order chi connectivity index (χ0) is 17.1. The molecule has 2 aliphatic rings. The zero-order valence-electron chi connectivity index (χ0n) is 14.2. The zero-order valence-corrected chi connectivity index (χ0v) is 14.2. The molecule has 1 aromatic carbocycles. The van der Waals surface area contributed by atoms with Crippen molar-refractivity contribution >= 4 is 5.91 Å². The van der Waals surface area contributed by atoms with E-state index < -0.39 is 0 Å². The average molecular weight is 342 g/mol. The first-order valence-electron chi connectivity index (χ1n) is 8.69. The van der Waals surface area contributed by atoms with Gasteiger partial charge in [0.2, 0.25) is 5.91 Å². The molecule has 132 valence electrons. The highest BCUT2D eigenvalue weighted by atomic mass is 16.5. The molecule has 3 heterocycles. The highest BCUT2D eigenvalue weighted by molar-refractivity contribution is 5.76. The van der Waals surface area contributed by atoms with Crippen molar-refractivity contribution in [3.63, 3.8) is 0 Å². The Labute approximate surface area is 146 Å². The number of tetrazole rings is 1. The molecule has 0 aliphatic carbocycles. The number of carbonyl (C=O) groups is 1. The number of hydrogen-bond donors (Lipinski definition) is 0. The van der Waals surface area contributed by atoms with Crippen LogP contribution in [0.3, 0.4) is 0 Å². The standard InChI is InChI=1S/C17H22N6O2/c24-17(22-7-9-25-10-8-22)13-23-16(18-19-20-23)12-21-6-5-14-3-1-2-4-15(14)11-21/h1-4H,5-13H2. The van der Waals surface area contributed by atoms with Crippen molar-refractivity contribution in [2.45, 2.75) is 26.1 Å². The van der Waals surface area contributed by atoms with E-state index in [9.17, 15) is 4.79 Å². The van der Waals surface area contributed by atoms with E-state index in [1.807, 2.05) is 4.90 Å². The number of rotatable bonds is 4. The number of aromatic nitrogens is 4. The summed E-state index contributed by atoms with van der Waals surface area (Å²) in [6.45, 7) is 5.17. The second-order valence-corrected chi connectivity index (χ2v) is 6.48. The van der Waals surface area contributed by atoms with Gasteiger partial charge in [-0.1, -0.05) is 24.3 Å². The Morgan fingerprint density at radius 1 is 1.12 bits per heavy atom. The van der Waals surface area contributed by atoms with Crippen molar-refractivity contribution in [2.24, 2.45) is 0 Å². The molecule has 1 amide bonds.